The van der Waals surface area contributed by atoms with E-state index in [0.717, 1.165) is 30.9 Å². The van der Waals surface area contributed by atoms with E-state index in [2.05, 4.69) is 9.88 Å². The molecule has 1 fully saturated rings. The fourth-order valence-corrected chi connectivity index (χ4v) is 2.94. The molecule has 0 amide bonds. The van der Waals surface area contributed by atoms with Crippen LogP contribution < -0.4 is 4.74 Å². The Kier molecular flexibility index (Phi) is 5.09. The number of nitrogens with one attached hydrogen (secondary N) is 2. The predicted molar refractivity (Wildman–Crippen MR) is 96.4 cm³/mol. The molecule has 0 atom stereocenters. The summed E-state index contributed by atoms with van der Waals surface area (Å²) in [4.78, 5) is 6.52. The number of rotatable bonds is 5. The van der Waals surface area contributed by atoms with Crippen molar-refractivity contribution in [2.24, 2.45) is 5.92 Å². The second-order valence-electron chi connectivity index (χ2n) is 6.16. The van der Waals surface area contributed by atoms with E-state index in [-0.39, 0.29) is 17.7 Å². The molecule has 0 bridgehead atoms. The van der Waals surface area contributed by atoms with Gasteiger partial charge in [-0.3, -0.25) is 20.7 Å². The molecule has 0 unspecified atom stereocenters. The molecule has 1 aromatic carbocycles. The molecule has 6 heteroatoms. The van der Waals surface area contributed by atoms with Gasteiger partial charge in [0.1, 0.15) is 5.75 Å². The lowest BCUT2D eigenvalue weighted by Crippen LogP contribution is -2.50. The number of benzene rings is 1. The number of likely N-dealkylation sites (tertiary alicyclic amines) is 1. The quantitative estimate of drug-likeness (QED) is 0.649. The third-order valence-corrected chi connectivity index (χ3v) is 4.31. The largest absolute Gasteiger partial charge is 0.496 e. The molecule has 1 saturated heterocycles. The summed E-state index contributed by atoms with van der Waals surface area (Å²) in [6.45, 7) is 4.18. The standard InChI is InChI=1S/C19H22N4O2/c1-13-6-5-8-16(17(13)24-2)19(21)25-18(20)14-10-23(11-14)12-15-7-3-4-9-22-15/h3-9,14,20-21H,10-12H2,1-2H3. The van der Waals surface area contributed by atoms with Crippen molar-refractivity contribution in [2.75, 3.05) is 20.2 Å². The molecule has 130 valence electrons. The van der Waals surface area contributed by atoms with Crippen LogP contribution in [0.1, 0.15) is 16.8 Å². The van der Waals surface area contributed by atoms with Gasteiger partial charge >= 0.3 is 0 Å². The average Bonchev–Trinajstić information content (AvgIpc) is 2.58. The number of hydrogen-bond donors (Lipinski definition) is 2. The average molecular weight is 338 g/mol. The van der Waals surface area contributed by atoms with Crippen LogP contribution in [0.5, 0.6) is 5.75 Å². The Bertz CT molecular complexity index is 770. The van der Waals surface area contributed by atoms with Gasteiger partial charge in [0.05, 0.1) is 24.3 Å². The summed E-state index contributed by atoms with van der Waals surface area (Å²) in [6.07, 6.45) is 1.79. The van der Waals surface area contributed by atoms with E-state index in [1.165, 1.54) is 0 Å². The number of methoxy groups -OCH3 is 1. The zero-order chi connectivity index (χ0) is 17.8. The minimum Gasteiger partial charge on any atom is -0.496 e. The van der Waals surface area contributed by atoms with Crippen LogP contribution in [0.25, 0.3) is 0 Å². The van der Waals surface area contributed by atoms with E-state index < -0.39 is 0 Å². The molecule has 0 radical (unpaired) electrons. The van der Waals surface area contributed by atoms with E-state index in [4.69, 9.17) is 20.3 Å². The molecule has 6 nitrogen and oxygen atoms in total. The van der Waals surface area contributed by atoms with Gasteiger partial charge in [-0.1, -0.05) is 18.2 Å². The molecule has 1 aliphatic rings. The van der Waals surface area contributed by atoms with Gasteiger partial charge in [0.25, 0.3) is 0 Å². The van der Waals surface area contributed by atoms with Crippen LogP contribution in [0.2, 0.25) is 0 Å². The number of nitrogens with zero attached hydrogens (tertiary/aromatic N) is 2. The Hall–Kier alpha value is -2.73. The molecule has 3 rings (SSSR count). The van der Waals surface area contributed by atoms with Crippen LogP contribution in [0.15, 0.2) is 42.6 Å². The molecular weight excluding hydrogens is 316 g/mol. The number of ether oxygens (including phenoxy) is 2. The van der Waals surface area contributed by atoms with Crippen molar-refractivity contribution >= 4 is 11.8 Å². The van der Waals surface area contributed by atoms with Gasteiger partial charge in [0.15, 0.2) is 5.90 Å². The van der Waals surface area contributed by atoms with Crippen LogP contribution in [0.4, 0.5) is 0 Å². The Labute approximate surface area is 147 Å². The molecule has 2 aromatic rings. The van der Waals surface area contributed by atoms with Gasteiger partial charge in [-0.2, -0.15) is 0 Å². The molecule has 25 heavy (non-hydrogen) atoms. The maximum Gasteiger partial charge on any atom is 0.224 e. The number of hydrogen-bond acceptors (Lipinski definition) is 6. The molecule has 2 N–H and O–H groups in total. The van der Waals surface area contributed by atoms with Gasteiger partial charge in [-0.15, -0.1) is 0 Å². The molecular formula is C19H22N4O2. The smallest absolute Gasteiger partial charge is 0.224 e. The molecule has 2 heterocycles. The highest BCUT2D eigenvalue weighted by molar-refractivity contribution is 6.02. The van der Waals surface area contributed by atoms with E-state index in [1.54, 1.807) is 19.4 Å². The maximum atomic E-state index is 8.16. The van der Waals surface area contributed by atoms with Gasteiger partial charge in [0.2, 0.25) is 5.90 Å². The van der Waals surface area contributed by atoms with E-state index in [1.807, 2.05) is 37.3 Å². The lowest BCUT2D eigenvalue weighted by Gasteiger charge is -2.38. The molecule has 1 aromatic heterocycles. The van der Waals surface area contributed by atoms with Gasteiger partial charge in [0, 0.05) is 25.8 Å². The highest BCUT2D eigenvalue weighted by Crippen LogP contribution is 2.25. The first-order valence-corrected chi connectivity index (χ1v) is 8.19. The molecule has 0 aliphatic carbocycles. The fraction of sp³-hybridized carbons (Fsp3) is 0.316. The van der Waals surface area contributed by atoms with Gasteiger partial charge in [-0.25, -0.2) is 0 Å². The SMILES string of the molecule is COc1c(C)cccc1C(=N)OC(=N)C1CN(Cc2ccccn2)C1. The zero-order valence-corrected chi connectivity index (χ0v) is 14.5. The third kappa shape index (κ3) is 3.85. The normalized spacial score (nSPS) is 14.6. The third-order valence-electron chi connectivity index (χ3n) is 4.31. The summed E-state index contributed by atoms with van der Waals surface area (Å²) < 4.78 is 10.8. The monoisotopic (exact) mass is 338 g/mol. The summed E-state index contributed by atoms with van der Waals surface area (Å²) in [6, 6.07) is 11.4. The van der Waals surface area contributed by atoms with Crippen molar-refractivity contribution in [1.82, 2.24) is 9.88 Å². The summed E-state index contributed by atoms with van der Waals surface area (Å²) >= 11 is 0. The lowest BCUT2D eigenvalue weighted by molar-refractivity contribution is 0.120. The predicted octanol–water partition coefficient (Wildman–Crippen LogP) is 2.85. The number of pyridine rings is 1. The van der Waals surface area contributed by atoms with Crippen molar-refractivity contribution in [3.63, 3.8) is 0 Å². The van der Waals surface area contributed by atoms with Gasteiger partial charge < -0.3 is 9.47 Å². The lowest BCUT2D eigenvalue weighted by atomic mass is 9.99. The Morgan fingerprint density at radius 3 is 2.68 bits per heavy atom. The van der Waals surface area contributed by atoms with E-state index in [0.29, 0.717) is 11.3 Å². The summed E-state index contributed by atoms with van der Waals surface area (Å²) in [5.41, 5.74) is 2.52. The van der Waals surface area contributed by atoms with Crippen molar-refractivity contribution in [1.29, 1.82) is 10.8 Å². The van der Waals surface area contributed by atoms with Crippen LogP contribution in [-0.4, -0.2) is 41.9 Å². The number of aryl methyl sites for hydroxylation is 1. The van der Waals surface area contributed by atoms with Crippen molar-refractivity contribution < 1.29 is 9.47 Å². The number of para-hydroxylation sites is 1. The Balaban J connectivity index is 1.54. The molecule has 1 aliphatic heterocycles. The second kappa shape index (κ2) is 7.44. The number of aromatic nitrogens is 1. The van der Waals surface area contributed by atoms with Crippen molar-refractivity contribution in [2.45, 2.75) is 13.5 Å². The van der Waals surface area contributed by atoms with Crippen molar-refractivity contribution in [3.05, 3.63) is 59.4 Å². The van der Waals surface area contributed by atoms with E-state index in [9.17, 15) is 0 Å². The van der Waals surface area contributed by atoms with Crippen LogP contribution in [-0.2, 0) is 11.3 Å². The first-order valence-electron chi connectivity index (χ1n) is 8.19. The van der Waals surface area contributed by atoms with Crippen LogP contribution >= 0.6 is 0 Å². The topological polar surface area (TPSA) is 82.3 Å². The first kappa shape index (κ1) is 17.1. The highest BCUT2D eigenvalue weighted by atomic mass is 16.5. The second-order valence-corrected chi connectivity index (χ2v) is 6.16. The van der Waals surface area contributed by atoms with Gasteiger partial charge in [-0.05, 0) is 30.7 Å². The van der Waals surface area contributed by atoms with E-state index >= 15 is 0 Å². The highest BCUT2D eigenvalue weighted by Gasteiger charge is 2.32. The minimum absolute atomic E-state index is 0.0138. The summed E-state index contributed by atoms with van der Waals surface area (Å²) in [5.74, 6) is 0.713. The Morgan fingerprint density at radius 2 is 2.00 bits per heavy atom. The minimum atomic E-state index is -0.0475. The summed E-state index contributed by atoms with van der Waals surface area (Å²) in [5, 5.41) is 16.3. The first-order chi connectivity index (χ1) is 12.1. The van der Waals surface area contributed by atoms with Crippen molar-refractivity contribution in [3.8, 4) is 5.75 Å². The Morgan fingerprint density at radius 1 is 1.20 bits per heavy atom. The molecule has 0 spiro atoms. The van der Waals surface area contributed by atoms with Crippen LogP contribution in [0, 0.1) is 23.7 Å². The maximum absolute atomic E-state index is 8.16. The van der Waals surface area contributed by atoms with Crippen LogP contribution in [0.3, 0.4) is 0 Å². The fourth-order valence-electron chi connectivity index (χ4n) is 2.94. The summed E-state index contributed by atoms with van der Waals surface area (Å²) in [7, 11) is 1.58. The zero-order valence-electron chi connectivity index (χ0n) is 14.5. The molecule has 0 saturated carbocycles.